The first-order valence-electron chi connectivity index (χ1n) is 47.5. The minimum absolute atomic E-state index is 0.0318. The number of esters is 3. The van der Waals surface area contributed by atoms with Crippen LogP contribution in [0.25, 0.3) is 0 Å². The molecule has 0 spiro atoms. The van der Waals surface area contributed by atoms with Crippen molar-refractivity contribution in [1.29, 1.82) is 0 Å². The molecule has 17 heteroatoms. The lowest BCUT2D eigenvalue weighted by Crippen LogP contribution is -2.40. The second-order valence-electron chi connectivity index (χ2n) is 50.4. The topological polar surface area (TPSA) is 292 Å². The number of carboxylic acids is 3. The van der Waals surface area contributed by atoms with Gasteiger partial charge < -0.3 is 55.1 Å². The minimum atomic E-state index is -1.78. The van der Waals surface area contributed by atoms with Gasteiger partial charge in [-0.15, -0.1) is 0 Å². The summed E-state index contributed by atoms with van der Waals surface area (Å²) in [5.41, 5.74) is 2.58. The van der Waals surface area contributed by atoms with Crippen molar-refractivity contribution >= 4 is 35.8 Å². The Balaban J connectivity index is 1.59. The van der Waals surface area contributed by atoms with Gasteiger partial charge >= 0.3 is 35.8 Å². The van der Waals surface area contributed by atoms with E-state index in [4.69, 9.17) is 14.2 Å². The average Bonchev–Trinajstić information content (AvgIpc) is 0.771. The molecule has 0 aromatic heterocycles. The van der Waals surface area contributed by atoms with Gasteiger partial charge in [-0.25, -0.2) is 0 Å². The van der Waals surface area contributed by atoms with Crippen LogP contribution in [0, 0.1) is 29.1 Å². The van der Waals surface area contributed by atoms with Gasteiger partial charge in [0.05, 0.1) is 36.9 Å². The number of benzene rings is 6. The molecule has 0 saturated heterocycles. The SMILES string of the molecule is CC(C)(C)c1cc(CCC(=O)OCCCCCCOC(=O)CCc2cc(C(C)(C)C)c(OC(=O)C(Cc3cc(C(C)(C)C)c(O)c(C(C)(C)C)c3)CC(CC(Cc3cc(C(C)(C)C)c(O)c(C(C)(C)C)c3)C(=O)O)(CC(Cc3cc(C(C)(C)C)c(O)c(C(C)(C)C)c3)C(=O)O)CC(Cc3cc(C(C)(C)C)c(O)c(C(C)(C)C)c3)C(=O)O)c(C(C)(C)C)c2)cc(C(C)(C)C)c1O. The second kappa shape index (κ2) is 40.9. The van der Waals surface area contributed by atoms with Crippen LogP contribution in [-0.2, 0) is 142 Å². The van der Waals surface area contributed by atoms with Crippen LogP contribution in [0.4, 0.5) is 0 Å². The number of carboxylic acid groups (broad SMARTS) is 3. The Morgan fingerprint density at radius 3 is 0.623 bits per heavy atom. The Morgan fingerprint density at radius 2 is 0.431 bits per heavy atom. The van der Waals surface area contributed by atoms with Crippen LogP contribution >= 0.6 is 0 Å². The van der Waals surface area contributed by atoms with Gasteiger partial charge in [-0.2, -0.15) is 0 Å². The predicted molar refractivity (Wildman–Crippen MR) is 527 cm³/mol. The fourth-order valence-electron chi connectivity index (χ4n) is 18.3. The number of hydrogen-bond donors (Lipinski definition) is 8. The van der Waals surface area contributed by atoms with Gasteiger partial charge in [0.15, 0.2) is 0 Å². The molecule has 722 valence electrons. The molecule has 6 rings (SSSR count). The largest absolute Gasteiger partial charge is 0.507 e. The van der Waals surface area contributed by atoms with Crippen molar-refractivity contribution in [3.8, 4) is 34.5 Å². The molecule has 0 saturated carbocycles. The molecule has 0 bridgehead atoms. The van der Waals surface area contributed by atoms with E-state index in [1.165, 1.54) is 0 Å². The van der Waals surface area contributed by atoms with Crippen LogP contribution in [0.3, 0.4) is 0 Å². The highest BCUT2D eigenvalue weighted by Crippen LogP contribution is 2.53. The van der Waals surface area contributed by atoms with Crippen LogP contribution in [0.1, 0.15) is 414 Å². The van der Waals surface area contributed by atoms with Crippen LogP contribution in [0.2, 0.25) is 0 Å². The molecule has 0 aliphatic heterocycles. The van der Waals surface area contributed by atoms with E-state index >= 15 is 19.2 Å². The Bertz CT molecular complexity index is 4550. The van der Waals surface area contributed by atoms with Crippen LogP contribution in [-0.4, -0.2) is 89.9 Å². The molecule has 0 amide bonds. The highest BCUT2D eigenvalue weighted by Gasteiger charge is 2.48. The molecule has 4 atom stereocenters. The first kappa shape index (κ1) is 110. The van der Waals surface area contributed by atoms with E-state index in [0.29, 0.717) is 103 Å². The van der Waals surface area contributed by atoms with Gasteiger partial charge in [-0.3, -0.25) is 28.8 Å². The number of ether oxygens (including phenoxy) is 3. The zero-order valence-electron chi connectivity index (χ0n) is 86.7. The maximum Gasteiger partial charge on any atom is 0.314 e. The summed E-state index contributed by atoms with van der Waals surface area (Å²) in [7, 11) is 0. The second-order valence-corrected chi connectivity index (χ2v) is 50.4. The molecule has 6 aromatic rings. The summed E-state index contributed by atoms with van der Waals surface area (Å²) in [6, 6.07) is 22.7. The van der Waals surface area contributed by atoms with Crippen molar-refractivity contribution in [1.82, 2.24) is 0 Å². The van der Waals surface area contributed by atoms with E-state index in [2.05, 4.69) is 41.5 Å². The van der Waals surface area contributed by atoms with Crippen molar-refractivity contribution in [3.05, 3.63) is 173 Å². The highest BCUT2D eigenvalue weighted by atomic mass is 16.5. The van der Waals surface area contributed by atoms with E-state index in [1.807, 2.05) is 281 Å². The fourth-order valence-corrected chi connectivity index (χ4v) is 18.3. The van der Waals surface area contributed by atoms with Gasteiger partial charge in [0.25, 0.3) is 0 Å². The monoisotopic (exact) mass is 1800 g/mol. The molecular weight excluding hydrogens is 1630 g/mol. The van der Waals surface area contributed by atoms with E-state index in [1.54, 1.807) is 0 Å². The smallest absolute Gasteiger partial charge is 0.314 e. The third-order valence-corrected chi connectivity index (χ3v) is 25.7. The molecular formula is C113H168O17. The van der Waals surface area contributed by atoms with Gasteiger partial charge in [0, 0.05) is 24.0 Å². The van der Waals surface area contributed by atoms with Crippen LogP contribution < -0.4 is 4.74 Å². The lowest BCUT2D eigenvalue weighted by molar-refractivity contribution is -0.148. The molecule has 8 N–H and O–H groups in total. The van der Waals surface area contributed by atoms with Crippen molar-refractivity contribution in [2.75, 3.05) is 13.2 Å². The minimum Gasteiger partial charge on any atom is -0.507 e. The third-order valence-electron chi connectivity index (χ3n) is 25.7. The number of rotatable bonds is 34. The number of hydrogen-bond acceptors (Lipinski definition) is 14. The van der Waals surface area contributed by atoms with Crippen molar-refractivity contribution in [2.45, 2.75) is 417 Å². The summed E-state index contributed by atoms with van der Waals surface area (Å²) in [4.78, 5) is 89.6. The molecule has 0 fully saturated rings. The summed E-state index contributed by atoms with van der Waals surface area (Å²) in [5, 5.41) is 97.4. The fraction of sp³-hybridized carbons (Fsp3) is 0.628. The Labute approximate surface area is 781 Å². The van der Waals surface area contributed by atoms with Gasteiger partial charge in [0.2, 0.25) is 0 Å². The number of unbranched alkanes of at least 4 members (excludes halogenated alkanes) is 3. The van der Waals surface area contributed by atoms with E-state index < -0.39 is 113 Å². The standard InChI is InChI=1S/C113H168O17/c1-101(2,3)77-51-67(52-78(91(77)116)102(4,5)6)41-43-89(114)128-45-39-37-38-40-46-129-90(115)44-42-68-53-87(111(31,32)33)96(88(54-68)112(34,35)36)130-100(127)76(50-72-61-85(109(25,26)27)95(120)86(62-72)110(28,29)30)66-113(63-73(97(121)122)47-69-55-79(103(7,8)9)92(117)80(56-69)104(10,11)12,64-74(98(123)124)48-70-57-81(105(13,14)15)93(118)82(58-70)106(16,17)18)65-75(99(125)126)49-71-59-83(107(19,20)21)94(119)84(60-71)108(22,23)24/h51-62,73-76,116-120H,37-50,63-66H2,1-36H3,(H,121,122)(H,123,124)(H,125,126). The number of phenols is 5. The predicted octanol–water partition coefficient (Wildman–Crippen LogP) is 26.1. The Kier molecular flexibility index (Phi) is 34.6. The summed E-state index contributed by atoms with van der Waals surface area (Å²) in [6.45, 7) is 72.3. The number of phenolic OH excluding ortho intramolecular Hbond substituents is 5. The van der Waals surface area contributed by atoms with Gasteiger partial charge in [-0.05, 0) is 249 Å². The summed E-state index contributed by atoms with van der Waals surface area (Å²) in [6.07, 6.45) is 1.62. The van der Waals surface area contributed by atoms with Crippen molar-refractivity contribution in [2.24, 2.45) is 29.1 Å². The summed E-state index contributed by atoms with van der Waals surface area (Å²) < 4.78 is 18.8. The zero-order valence-corrected chi connectivity index (χ0v) is 86.7. The van der Waals surface area contributed by atoms with Crippen LogP contribution in [0.5, 0.6) is 34.5 Å². The summed E-state index contributed by atoms with van der Waals surface area (Å²) >= 11 is 0. The van der Waals surface area contributed by atoms with Crippen LogP contribution in [0.15, 0.2) is 72.8 Å². The van der Waals surface area contributed by atoms with E-state index in [0.717, 1.165) is 35.1 Å². The first-order valence-corrected chi connectivity index (χ1v) is 47.5. The molecule has 130 heavy (non-hydrogen) atoms. The number of aromatic hydroxyl groups is 5. The highest BCUT2D eigenvalue weighted by molar-refractivity contribution is 5.79. The molecule has 0 heterocycles. The zero-order chi connectivity index (χ0) is 99.5. The molecule has 17 nitrogen and oxygen atoms in total. The quantitative estimate of drug-likeness (QED) is 0.0106. The lowest BCUT2D eigenvalue weighted by Gasteiger charge is -2.42. The Morgan fingerprint density at radius 1 is 0.254 bits per heavy atom. The molecule has 4 unspecified atom stereocenters. The third kappa shape index (κ3) is 29.8. The molecule has 6 aromatic carbocycles. The maximum absolute atomic E-state index is 17.3. The number of aliphatic carboxylic acids is 3. The van der Waals surface area contributed by atoms with Crippen molar-refractivity contribution < 1.29 is 83.8 Å². The number of carbonyl (C=O) groups is 6. The number of aryl methyl sites for hydroxylation is 2. The first-order chi connectivity index (χ1) is 58.8. The lowest BCUT2D eigenvalue weighted by atomic mass is 9.61. The normalized spacial score (nSPS) is 14.6. The van der Waals surface area contributed by atoms with Crippen molar-refractivity contribution in [3.63, 3.8) is 0 Å². The van der Waals surface area contributed by atoms with Gasteiger partial charge in [0.1, 0.15) is 34.5 Å². The van der Waals surface area contributed by atoms with E-state index in [9.17, 15) is 50.4 Å². The number of carbonyl (C=O) groups excluding carboxylic acids is 3. The maximum atomic E-state index is 17.3. The van der Waals surface area contributed by atoms with Gasteiger partial charge in [-0.1, -0.05) is 322 Å². The Hall–Kier alpha value is -8.86. The molecule has 0 aliphatic carbocycles. The average molecular weight is 1800 g/mol. The summed E-state index contributed by atoms with van der Waals surface area (Å²) in [5.74, 6) is -9.93. The van der Waals surface area contributed by atoms with E-state index in [-0.39, 0.29) is 129 Å². The molecule has 0 aliphatic rings. The molecule has 0 radical (unpaired) electrons.